The number of aromatic nitrogens is 2. The van der Waals surface area contributed by atoms with Gasteiger partial charge in [-0.2, -0.15) is 4.73 Å². The number of nitrogens with zero attached hydrogens (tertiary/aromatic N) is 2. The molecule has 80 valence electrons. The Labute approximate surface area is 94.1 Å². The van der Waals surface area contributed by atoms with Gasteiger partial charge in [-0.3, -0.25) is 0 Å². The number of hydrogen-bond acceptors (Lipinski definition) is 3. The Morgan fingerprint density at radius 1 is 1.50 bits per heavy atom. The Bertz CT molecular complexity index is 249. The van der Waals surface area contributed by atoms with Gasteiger partial charge >= 0.3 is 5.97 Å². The van der Waals surface area contributed by atoms with Crippen molar-refractivity contribution in [2.24, 2.45) is 0 Å². The Balaban J connectivity index is 0.00000169. The predicted octanol–water partition coefficient (Wildman–Crippen LogP) is 1.42. The number of unbranched alkanes of at least 4 members (excludes halogenated alkanes) is 2. The molecule has 1 aromatic rings. The number of carbonyl (C=O) groups is 1. The molecule has 0 aromatic carbocycles. The molecule has 0 fully saturated rings. The van der Waals surface area contributed by atoms with Crippen LogP contribution in [0.2, 0.25) is 0 Å². The standard InChI is InChI=1S/C9H14N2O2.Fe/c1-2-3-4-5-9(12)13-11-7-6-10-8-11;/h6-8H,2-5H2,1H3;. The molecular weight excluding hydrogens is 224 g/mol. The fourth-order valence-electron chi connectivity index (χ4n) is 0.983. The van der Waals surface area contributed by atoms with Crippen molar-refractivity contribution in [1.82, 2.24) is 9.71 Å². The van der Waals surface area contributed by atoms with Crippen molar-refractivity contribution in [2.45, 2.75) is 32.6 Å². The summed E-state index contributed by atoms with van der Waals surface area (Å²) in [6, 6.07) is 0. The zero-order chi connectivity index (χ0) is 9.52. The van der Waals surface area contributed by atoms with E-state index in [-0.39, 0.29) is 23.0 Å². The summed E-state index contributed by atoms with van der Waals surface area (Å²) >= 11 is 0. The van der Waals surface area contributed by atoms with Crippen LogP contribution in [-0.2, 0) is 21.9 Å². The summed E-state index contributed by atoms with van der Waals surface area (Å²) in [5, 5.41) is 0. The summed E-state index contributed by atoms with van der Waals surface area (Å²) in [6.45, 7) is 2.10. The SMILES string of the molecule is CCCCCC(=O)On1ccnc1.[Fe]. The second kappa shape index (κ2) is 7.59. The minimum Gasteiger partial charge on any atom is -0.336 e. The first-order valence-corrected chi connectivity index (χ1v) is 4.52. The van der Waals surface area contributed by atoms with Gasteiger partial charge in [0.2, 0.25) is 0 Å². The molecule has 0 aliphatic rings. The number of carbonyl (C=O) groups excluding carboxylic acids is 1. The third-order valence-electron chi connectivity index (χ3n) is 1.67. The van der Waals surface area contributed by atoms with Crippen molar-refractivity contribution in [1.29, 1.82) is 0 Å². The maximum atomic E-state index is 11.1. The van der Waals surface area contributed by atoms with Gasteiger partial charge in [-0.1, -0.05) is 19.8 Å². The molecule has 0 saturated carbocycles. The molecule has 1 rings (SSSR count). The van der Waals surface area contributed by atoms with Crippen LogP contribution in [0.1, 0.15) is 32.6 Å². The fourth-order valence-corrected chi connectivity index (χ4v) is 0.983. The molecule has 0 bridgehead atoms. The maximum absolute atomic E-state index is 11.1. The van der Waals surface area contributed by atoms with Gasteiger partial charge in [0.15, 0.2) is 0 Å². The molecule has 0 atom stereocenters. The topological polar surface area (TPSA) is 44.1 Å². The molecule has 0 radical (unpaired) electrons. The molecule has 4 nitrogen and oxygen atoms in total. The molecular formula is C9H14FeN2O2. The molecule has 1 heterocycles. The minimum atomic E-state index is -0.202. The maximum Gasteiger partial charge on any atom is 0.332 e. The van der Waals surface area contributed by atoms with E-state index in [2.05, 4.69) is 11.9 Å². The van der Waals surface area contributed by atoms with Crippen molar-refractivity contribution in [2.75, 3.05) is 0 Å². The van der Waals surface area contributed by atoms with Crippen LogP contribution >= 0.6 is 0 Å². The molecule has 0 saturated heterocycles. The van der Waals surface area contributed by atoms with E-state index in [1.54, 1.807) is 12.4 Å². The molecule has 0 aliphatic carbocycles. The van der Waals surface area contributed by atoms with Crippen molar-refractivity contribution in [3.8, 4) is 0 Å². The van der Waals surface area contributed by atoms with Crippen LogP contribution in [0.4, 0.5) is 0 Å². The molecule has 0 spiro atoms. The Hall–Kier alpha value is -0.801. The first kappa shape index (κ1) is 13.2. The van der Waals surface area contributed by atoms with E-state index in [0.29, 0.717) is 6.42 Å². The van der Waals surface area contributed by atoms with Crippen LogP contribution in [0, 0.1) is 0 Å². The quantitative estimate of drug-likeness (QED) is 0.575. The smallest absolute Gasteiger partial charge is 0.332 e. The van der Waals surface area contributed by atoms with Gasteiger partial charge in [0.05, 0.1) is 6.20 Å². The predicted molar refractivity (Wildman–Crippen MR) is 48.0 cm³/mol. The summed E-state index contributed by atoms with van der Waals surface area (Å²) in [6.07, 6.45) is 8.17. The zero-order valence-electron chi connectivity index (χ0n) is 8.12. The van der Waals surface area contributed by atoms with Crippen LogP contribution in [0.5, 0.6) is 0 Å². The van der Waals surface area contributed by atoms with Crippen molar-refractivity contribution in [3.05, 3.63) is 18.7 Å². The van der Waals surface area contributed by atoms with E-state index in [1.807, 2.05) is 0 Å². The van der Waals surface area contributed by atoms with Gasteiger partial charge in [0.25, 0.3) is 0 Å². The van der Waals surface area contributed by atoms with E-state index in [9.17, 15) is 4.79 Å². The van der Waals surface area contributed by atoms with Crippen LogP contribution in [0.25, 0.3) is 0 Å². The van der Waals surface area contributed by atoms with E-state index >= 15 is 0 Å². The normalized spacial score (nSPS) is 9.21. The van der Waals surface area contributed by atoms with E-state index in [1.165, 1.54) is 11.1 Å². The van der Waals surface area contributed by atoms with Crippen LogP contribution in [0.15, 0.2) is 18.7 Å². The Kier molecular flexibility index (Phi) is 7.16. The van der Waals surface area contributed by atoms with Gasteiger partial charge in [0.1, 0.15) is 6.33 Å². The second-order valence-electron chi connectivity index (χ2n) is 2.84. The summed E-state index contributed by atoms with van der Waals surface area (Å²) in [5.74, 6) is -0.202. The monoisotopic (exact) mass is 238 g/mol. The number of hydrogen-bond donors (Lipinski definition) is 0. The number of imidazole rings is 1. The zero-order valence-corrected chi connectivity index (χ0v) is 9.23. The average Bonchev–Trinajstić information content (AvgIpc) is 2.57. The van der Waals surface area contributed by atoms with Crippen LogP contribution in [0.3, 0.4) is 0 Å². The molecule has 5 heteroatoms. The largest absolute Gasteiger partial charge is 0.336 e. The minimum absolute atomic E-state index is 0. The molecule has 0 N–H and O–H groups in total. The van der Waals surface area contributed by atoms with E-state index in [4.69, 9.17) is 4.84 Å². The molecule has 0 amide bonds. The average molecular weight is 238 g/mol. The van der Waals surface area contributed by atoms with Gasteiger partial charge in [0, 0.05) is 29.7 Å². The summed E-state index contributed by atoms with van der Waals surface area (Å²) < 4.78 is 1.31. The van der Waals surface area contributed by atoms with Crippen molar-refractivity contribution >= 4 is 5.97 Å². The molecule has 0 aliphatic heterocycles. The summed E-state index contributed by atoms with van der Waals surface area (Å²) in [5.41, 5.74) is 0. The van der Waals surface area contributed by atoms with Gasteiger partial charge in [-0.25, -0.2) is 9.78 Å². The number of rotatable bonds is 5. The Morgan fingerprint density at radius 3 is 2.86 bits per heavy atom. The Morgan fingerprint density at radius 2 is 2.29 bits per heavy atom. The van der Waals surface area contributed by atoms with Crippen molar-refractivity contribution in [3.63, 3.8) is 0 Å². The first-order valence-electron chi connectivity index (χ1n) is 4.52. The van der Waals surface area contributed by atoms with Crippen LogP contribution in [-0.4, -0.2) is 15.7 Å². The fraction of sp³-hybridized carbons (Fsp3) is 0.556. The molecule has 14 heavy (non-hydrogen) atoms. The first-order chi connectivity index (χ1) is 6.33. The molecule has 1 aromatic heterocycles. The van der Waals surface area contributed by atoms with Crippen molar-refractivity contribution < 1.29 is 26.7 Å². The van der Waals surface area contributed by atoms with Gasteiger partial charge in [-0.15, -0.1) is 0 Å². The van der Waals surface area contributed by atoms with E-state index in [0.717, 1.165) is 19.3 Å². The second-order valence-corrected chi connectivity index (χ2v) is 2.84. The summed E-state index contributed by atoms with van der Waals surface area (Å²) in [4.78, 5) is 19.8. The summed E-state index contributed by atoms with van der Waals surface area (Å²) in [7, 11) is 0. The third-order valence-corrected chi connectivity index (χ3v) is 1.67. The van der Waals surface area contributed by atoms with Gasteiger partial charge in [-0.05, 0) is 6.42 Å². The molecule has 0 unspecified atom stereocenters. The van der Waals surface area contributed by atoms with Gasteiger partial charge < -0.3 is 4.84 Å². The third kappa shape index (κ3) is 5.04. The van der Waals surface area contributed by atoms with Crippen LogP contribution < -0.4 is 4.84 Å². The van der Waals surface area contributed by atoms with E-state index < -0.39 is 0 Å².